The summed E-state index contributed by atoms with van der Waals surface area (Å²) in [5.41, 5.74) is 0.450. The van der Waals surface area contributed by atoms with Gasteiger partial charge in [-0.3, -0.25) is 0 Å². The Kier molecular flexibility index (Phi) is 3.16. The second-order valence-corrected chi connectivity index (χ2v) is 5.07. The van der Waals surface area contributed by atoms with Gasteiger partial charge in [0.1, 0.15) is 0 Å². The summed E-state index contributed by atoms with van der Waals surface area (Å²) in [5.74, 6) is 0. The number of hydrogen-bond donors (Lipinski definition) is 0. The molecule has 0 bridgehead atoms. The van der Waals surface area contributed by atoms with Gasteiger partial charge in [0, 0.05) is 6.54 Å². The molecule has 0 aromatic rings. The molecule has 1 heteroatoms. The van der Waals surface area contributed by atoms with Crippen LogP contribution in [0.25, 0.3) is 0 Å². The van der Waals surface area contributed by atoms with Gasteiger partial charge >= 0.3 is 0 Å². The van der Waals surface area contributed by atoms with Crippen LogP contribution in [0.2, 0.25) is 0 Å². The van der Waals surface area contributed by atoms with E-state index in [1.807, 2.05) is 0 Å². The maximum absolute atomic E-state index is 2.61. The van der Waals surface area contributed by atoms with Gasteiger partial charge in [-0.25, -0.2) is 0 Å². The highest BCUT2D eigenvalue weighted by atomic mass is 15.2. The Morgan fingerprint density at radius 2 is 2.08 bits per heavy atom. The Morgan fingerprint density at radius 3 is 2.58 bits per heavy atom. The maximum atomic E-state index is 2.61. The lowest BCUT2D eigenvalue weighted by atomic mass is 9.95. The van der Waals surface area contributed by atoms with E-state index in [1.165, 1.54) is 25.9 Å². The van der Waals surface area contributed by atoms with Crippen molar-refractivity contribution in [3.05, 3.63) is 6.42 Å². The molecule has 1 heterocycles. The summed E-state index contributed by atoms with van der Waals surface area (Å²) in [5, 5.41) is 0. The fourth-order valence-electron chi connectivity index (χ4n) is 2.03. The van der Waals surface area contributed by atoms with Crippen LogP contribution in [-0.2, 0) is 0 Å². The molecular weight excluding hydrogens is 146 g/mol. The first kappa shape index (κ1) is 10.0. The van der Waals surface area contributed by atoms with Gasteiger partial charge in [-0.2, -0.15) is 6.92 Å². The predicted molar refractivity (Wildman–Crippen MR) is 54.0 cm³/mol. The van der Waals surface area contributed by atoms with Gasteiger partial charge in [-0.05, 0) is 18.4 Å². The predicted octanol–water partition coefficient (Wildman–Crippen LogP) is 2.72. The fourth-order valence-corrected chi connectivity index (χ4v) is 2.03. The maximum Gasteiger partial charge on any atom is 0.000443 e. The van der Waals surface area contributed by atoms with Crippen LogP contribution in [0, 0.1) is 11.8 Å². The molecule has 1 atom stereocenters. The number of rotatable bonds is 2. The minimum absolute atomic E-state index is 0.450. The third kappa shape index (κ3) is 2.78. The Bertz CT molecular complexity index is 134. The average Bonchev–Trinajstić information content (AvgIpc) is 2.31. The van der Waals surface area contributed by atoms with Crippen molar-refractivity contribution >= 4 is 0 Å². The van der Waals surface area contributed by atoms with E-state index in [2.05, 4.69) is 39.0 Å². The zero-order valence-electron chi connectivity index (χ0n) is 8.93. The minimum Gasteiger partial charge on any atom is -0.329 e. The van der Waals surface area contributed by atoms with E-state index >= 15 is 0 Å². The molecule has 0 aliphatic carbocycles. The molecule has 72 valence electrons. The molecule has 1 aliphatic heterocycles. The Balaban J connectivity index is 2.41. The third-order valence-electron chi connectivity index (χ3n) is 2.48. The van der Waals surface area contributed by atoms with Crippen LogP contribution in [0.15, 0.2) is 0 Å². The van der Waals surface area contributed by atoms with Gasteiger partial charge in [-0.15, -0.1) is 6.04 Å². The highest BCUT2D eigenvalue weighted by molar-refractivity contribution is 4.89. The largest absolute Gasteiger partial charge is 0.329 e. The lowest BCUT2D eigenvalue weighted by Gasteiger charge is -2.35. The second-order valence-electron chi connectivity index (χ2n) is 5.07. The first-order chi connectivity index (χ1) is 5.53. The average molecular weight is 168 g/mol. The van der Waals surface area contributed by atoms with Crippen molar-refractivity contribution in [2.75, 3.05) is 13.1 Å². The van der Waals surface area contributed by atoms with Crippen LogP contribution in [-0.4, -0.2) is 24.0 Å². The van der Waals surface area contributed by atoms with Crippen LogP contribution in [0.5, 0.6) is 0 Å². The van der Waals surface area contributed by atoms with Crippen molar-refractivity contribution in [2.24, 2.45) is 5.41 Å². The normalized spacial score (nSPS) is 26.5. The fraction of sp³-hybridized carbons (Fsp3) is 0.909. The molecule has 0 aromatic carbocycles. The van der Waals surface area contributed by atoms with Crippen molar-refractivity contribution in [1.29, 1.82) is 0 Å². The monoisotopic (exact) mass is 168 g/mol. The lowest BCUT2D eigenvalue weighted by Crippen LogP contribution is -2.36. The number of hydrogen-bond acceptors (Lipinski definition) is 1. The lowest BCUT2D eigenvalue weighted by molar-refractivity contribution is 0.192. The van der Waals surface area contributed by atoms with Gasteiger partial charge in [0.15, 0.2) is 0 Å². The van der Waals surface area contributed by atoms with Gasteiger partial charge in [0.2, 0.25) is 0 Å². The van der Waals surface area contributed by atoms with Crippen LogP contribution in [0.1, 0.15) is 40.5 Å². The first-order valence-corrected chi connectivity index (χ1v) is 5.06. The summed E-state index contributed by atoms with van der Waals surface area (Å²) in [6.07, 6.45) is 5.09. The quantitative estimate of drug-likeness (QED) is 0.573. The van der Waals surface area contributed by atoms with Crippen LogP contribution >= 0.6 is 0 Å². The van der Waals surface area contributed by atoms with E-state index in [4.69, 9.17) is 0 Å². The standard InChI is InChI=1S/C11H22N/c1-5-10-7-6-8-12(10)9-11(2,3)4/h5,10H,6-9H2,1-4H3/q-1. The molecule has 0 spiro atoms. The highest BCUT2D eigenvalue weighted by Gasteiger charge is 2.22. The summed E-state index contributed by atoms with van der Waals surface area (Å²) in [4.78, 5) is 2.61. The van der Waals surface area contributed by atoms with Crippen molar-refractivity contribution < 1.29 is 0 Å². The Labute approximate surface area is 77.1 Å². The number of nitrogens with zero attached hydrogens (tertiary/aromatic N) is 1. The molecule has 0 aromatic heterocycles. The number of likely N-dealkylation sites (tertiary alicyclic amines) is 1. The molecule has 1 nitrogen and oxygen atoms in total. The van der Waals surface area contributed by atoms with Gasteiger partial charge < -0.3 is 11.3 Å². The topological polar surface area (TPSA) is 3.24 Å². The molecule has 0 N–H and O–H groups in total. The van der Waals surface area contributed by atoms with E-state index in [9.17, 15) is 0 Å². The molecule has 0 radical (unpaired) electrons. The summed E-state index contributed by atoms with van der Waals surface area (Å²) in [6.45, 7) is 11.7. The van der Waals surface area contributed by atoms with Crippen molar-refractivity contribution in [2.45, 2.75) is 46.6 Å². The summed E-state index contributed by atoms with van der Waals surface area (Å²) >= 11 is 0. The Hall–Kier alpha value is -0.0400. The minimum atomic E-state index is 0.450. The molecule has 1 saturated heterocycles. The Morgan fingerprint density at radius 1 is 1.42 bits per heavy atom. The third-order valence-corrected chi connectivity index (χ3v) is 2.48. The zero-order chi connectivity index (χ0) is 9.19. The van der Waals surface area contributed by atoms with Gasteiger partial charge in [-0.1, -0.05) is 27.2 Å². The first-order valence-electron chi connectivity index (χ1n) is 5.06. The molecule has 0 saturated carbocycles. The zero-order valence-corrected chi connectivity index (χ0v) is 8.93. The molecule has 1 fully saturated rings. The summed E-state index contributed by atoms with van der Waals surface area (Å²) in [6, 6.07) is 0.754. The second kappa shape index (κ2) is 3.78. The van der Waals surface area contributed by atoms with Crippen LogP contribution in [0.3, 0.4) is 0 Å². The van der Waals surface area contributed by atoms with Crippen LogP contribution in [0.4, 0.5) is 0 Å². The van der Waals surface area contributed by atoms with E-state index < -0.39 is 0 Å². The molecule has 0 amide bonds. The molecule has 1 rings (SSSR count). The van der Waals surface area contributed by atoms with E-state index in [0.717, 1.165) is 6.04 Å². The smallest absolute Gasteiger partial charge is 0.000443 e. The van der Waals surface area contributed by atoms with Crippen molar-refractivity contribution in [1.82, 2.24) is 4.90 Å². The summed E-state index contributed by atoms with van der Waals surface area (Å²) < 4.78 is 0. The summed E-state index contributed by atoms with van der Waals surface area (Å²) in [7, 11) is 0. The molecule has 1 unspecified atom stereocenters. The van der Waals surface area contributed by atoms with E-state index in [1.54, 1.807) is 0 Å². The highest BCUT2D eigenvalue weighted by Crippen LogP contribution is 2.24. The van der Waals surface area contributed by atoms with Crippen LogP contribution < -0.4 is 0 Å². The van der Waals surface area contributed by atoms with Crippen molar-refractivity contribution in [3.63, 3.8) is 0 Å². The van der Waals surface area contributed by atoms with Gasteiger partial charge in [0.05, 0.1) is 0 Å². The van der Waals surface area contributed by atoms with E-state index in [0.29, 0.717) is 5.41 Å². The molecule has 1 aliphatic rings. The molecular formula is C11H22N-. The van der Waals surface area contributed by atoms with Gasteiger partial charge in [0.25, 0.3) is 0 Å². The van der Waals surface area contributed by atoms with E-state index in [-0.39, 0.29) is 0 Å². The SMILES string of the molecule is C[CH-]C1CCCN1CC(C)(C)C. The molecule has 12 heavy (non-hydrogen) atoms. The van der Waals surface area contributed by atoms with Crippen molar-refractivity contribution in [3.8, 4) is 0 Å².